The Kier molecular flexibility index (Phi) is 9.16. The number of benzene rings is 3. The molecule has 1 atom stereocenters. The normalized spacial score (nSPS) is 12.4. The lowest BCUT2D eigenvalue weighted by atomic mass is 10.1. The molecule has 0 saturated carbocycles. The molecular weight excluding hydrogens is 519 g/mol. The van der Waals surface area contributed by atoms with E-state index in [9.17, 15) is 31.2 Å². The molecule has 0 radical (unpaired) electrons. The highest BCUT2D eigenvalue weighted by molar-refractivity contribution is 7.92. The van der Waals surface area contributed by atoms with Crippen LogP contribution in [0.1, 0.15) is 18.1 Å². The molecule has 2 amide bonds. The zero-order valence-electron chi connectivity index (χ0n) is 20.9. The lowest BCUT2D eigenvalue weighted by Crippen LogP contribution is -2.51. The summed E-state index contributed by atoms with van der Waals surface area (Å²) in [6.07, 6.45) is -4.35. The Balaban J connectivity index is 2.02. The van der Waals surface area contributed by atoms with Gasteiger partial charge >= 0.3 is 6.18 Å². The van der Waals surface area contributed by atoms with Gasteiger partial charge in [0.05, 0.1) is 16.1 Å². The molecule has 38 heavy (non-hydrogen) atoms. The fourth-order valence-corrected chi connectivity index (χ4v) is 5.29. The first-order valence-corrected chi connectivity index (χ1v) is 13.2. The number of alkyl halides is 3. The van der Waals surface area contributed by atoms with E-state index >= 15 is 0 Å². The Hall–Kier alpha value is -3.86. The lowest BCUT2D eigenvalue weighted by molar-refractivity contribution is -0.138. The maximum atomic E-state index is 13.6. The molecule has 7 nitrogen and oxygen atoms in total. The van der Waals surface area contributed by atoms with E-state index in [1.54, 1.807) is 6.07 Å². The molecular formula is C27H28F3N3O4S. The van der Waals surface area contributed by atoms with Gasteiger partial charge in [-0.15, -0.1) is 0 Å². The minimum absolute atomic E-state index is 0.0826. The average Bonchev–Trinajstić information content (AvgIpc) is 2.91. The SMILES string of the molecule is CNC(=O)[C@H](C)N(CCc1ccccc1)C(=O)CN(c1cccc(C(F)(F)F)c1)S(=O)(=O)c1ccccc1. The summed E-state index contributed by atoms with van der Waals surface area (Å²) in [6.45, 7) is 0.774. The van der Waals surface area contributed by atoms with Crippen molar-refractivity contribution in [3.63, 3.8) is 0 Å². The Bertz CT molecular complexity index is 1350. The second-order valence-corrected chi connectivity index (χ2v) is 10.3. The van der Waals surface area contributed by atoms with Crippen molar-refractivity contribution < 1.29 is 31.2 Å². The smallest absolute Gasteiger partial charge is 0.357 e. The van der Waals surface area contributed by atoms with Gasteiger partial charge in [-0.3, -0.25) is 13.9 Å². The molecule has 202 valence electrons. The van der Waals surface area contributed by atoms with Crippen LogP contribution in [-0.4, -0.2) is 51.3 Å². The van der Waals surface area contributed by atoms with Crippen LogP contribution in [0.4, 0.5) is 18.9 Å². The highest BCUT2D eigenvalue weighted by Gasteiger charge is 2.35. The highest BCUT2D eigenvalue weighted by atomic mass is 32.2. The fourth-order valence-electron chi connectivity index (χ4n) is 3.86. The number of nitrogens with one attached hydrogen (secondary N) is 1. The van der Waals surface area contributed by atoms with Crippen LogP contribution in [0.3, 0.4) is 0 Å². The van der Waals surface area contributed by atoms with Gasteiger partial charge in [0.2, 0.25) is 11.8 Å². The first-order valence-electron chi connectivity index (χ1n) is 11.7. The number of rotatable bonds is 10. The summed E-state index contributed by atoms with van der Waals surface area (Å²) in [4.78, 5) is 27.1. The molecule has 0 heterocycles. The van der Waals surface area contributed by atoms with Crippen LogP contribution in [0, 0.1) is 0 Å². The van der Waals surface area contributed by atoms with Crippen molar-refractivity contribution >= 4 is 27.5 Å². The molecule has 3 aromatic carbocycles. The number of nitrogens with zero attached hydrogens (tertiary/aromatic N) is 2. The van der Waals surface area contributed by atoms with Gasteiger partial charge in [0.15, 0.2) is 0 Å². The third-order valence-corrected chi connectivity index (χ3v) is 7.76. The summed E-state index contributed by atoms with van der Waals surface area (Å²) >= 11 is 0. The van der Waals surface area contributed by atoms with E-state index in [0.717, 1.165) is 17.7 Å². The Morgan fingerprint density at radius 3 is 2.11 bits per heavy atom. The van der Waals surface area contributed by atoms with E-state index in [-0.39, 0.29) is 17.1 Å². The summed E-state index contributed by atoms with van der Waals surface area (Å²) in [6, 6.07) is 19.1. The quantitative estimate of drug-likeness (QED) is 0.414. The first kappa shape index (κ1) is 28.7. The molecule has 1 N–H and O–H groups in total. The van der Waals surface area contributed by atoms with Crippen LogP contribution in [0.5, 0.6) is 0 Å². The number of carbonyl (C=O) groups is 2. The maximum absolute atomic E-state index is 13.6. The maximum Gasteiger partial charge on any atom is 0.416 e. The largest absolute Gasteiger partial charge is 0.416 e. The van der Waals surface area contributed by atoms with Crippen molar-refractivity contribution in [2.24, 2.45) is 0 Å². The number of sulfonamides is 1. The first-order chi connectivity index (χ1) is 17.9. The second-order valence-electron chi connectivity index (χ2n) is 8.49. The zero-order valence-corrected chi connectivity index (χ0v) is 21.7. The predicted octanol–water partition coefficient (Wildman–Crippen LogP) is 4.11. The molecule has 0 aliphatic carbocycles. The molecule has 0 unspecified atom stereocenters. The highest BCUT2D eigenvalue weighted by Crippen LogP contribution is 2.33. The summed E-state index contributed by atoms with van der Waals surface area (Å²) in [5, 5.41) is 2.47. The van der Waals surface area contributed by atoms with Gasteiger partial charge in [-0.25, -0.2) is 8.42 Å². The van der Waals surface area contributed by atoms with E-state index in [1.807, 2.05) is 30.3 Å². The van der Waals surface area contributed by atoms with E-state index in [2.05, 4.69) is 5.32 Å². The van der Waals surface area contributed by atoms with E-state index in [1.165, 1.54) is 49.2 Å². The van der Waals surface area contributed by atoms with Crippen molar-refractivity contribution in [3.05, 3.63) is 96.1 Å². The van der Waals surface area contributed by atoms with Crippen LogP contribution in [0.2, 0.25) is 0 Å². The van der Waals surface area contributed by atoms with Gasteiger partial charge in [-0.1, -0.05) is 54.6 Å². The Labute approximate surface area is 219 Å². The van der Waals surface area contributed by atoms with Gasteiger partial charge in [0, 0.05) is 13.6 Å². The number of hydrogen-bond donors (Lipinski definition) is 1. The minimum atomic E-state index is -4.72. The number of halogens is 3. The number of likely N-dealkylation sites (N-methyl/N-ethyl adjacent to an activating group) is 1. The van der Waals surface area contributed by atoms with Crippen LogP contribution >= 0.6 is 0 Å². The summed E-state index contributed by atoms with van der Waals surface area (Å²) in [7, 11) is -3.04. The molecule has 0 aromatic heterocycles. The predicted molar refractivity (Wildman–Crippen MR) is 138 cm³/mol. The number of anilines is 1. The summed E-state index contributed by atoms with van der Waals surface area (Å²) in [5.41, 5.74) is -0.496. The molecule has 3 rings (SSSR count). The number of carbonyl (C=O) groups excluding carboxylic acids is 2. The van der Waals surface area contributed by atoms with Gasteiger partial charge in [-0.05, 0) is 49.2 Å². The van der Waals surface area contributed by atoms with Gasteiger partial charge < -0.3 is 10.2 Å². The summed E-state index contributed by atoms with van der Waals surface area (Å²) < 4.78 is 68.2. The third kappa shape index (κ3) is 6.91. The van der Waals surface area contributed by atoms with Gasteiger partial charge in [-0.2, -0.15) is 13.2 Å². The molecule has 11 heteroatoms. The van der Waals surface area contributed by atoms with Crippen molar-refractivity contribution in [1.29, 1.82) is 0 Å². The Morgan fingerprint density at radius 1 is 0.921 bits per heavy atom. The zero-order chi connectivity index (χ0) is 27.9. The van der Waals surface area contributed by atoms with Crippen molar-refractivity contribution in [1.82, 2.24) is 10.2 Å². The fraction of sp³-hybridized carbons (Fsp3) is 0.259. The van der Waals surface area contributed by atoms with Crippen LogP contribution in [-0.2, 0) is 32.2 Å². The van der Waals surface area contributed by atoms with Gasteiger partial charge in [0.25, 0.3) is 10.0 Å². The molecule has 3 aromatic rings. The standard InChI is InChI=1S/C27H28F3N3O4S/c1-20(26(35)31-2)32(17-16-21-10-5-3-6-11-21)25(34)19-33(38(36,37)24-14-7-4-8-15-24)23-13-9-12-22(18-23)27(28,29)30/h3-15,18,20H,16-17,19H2,1-2H3,(H,31,35)/t20-/m0/s1. The van der Waals surface area contributed by atoms with E-state index < -0.39 is 46.2 Å². The van der Waals surface area contributed by atoms with E-state index in [4.69, 9.17) is 0 Å². The van der Waals surface area contributed by atoms with Crippen molar-refractivity contribution in [2.45, 2.75) is 30.5 Å². The van der Waals surface area contributed by atoms with Crippen molar-refractivity contribution in [2.75, 3.05) is 24.4 Å². The van der Waals surface area contributed by atoms with Crippen LogP contribution in [0.15, 0.2) is 89.8 Å². The minimum Gasteiger partial charge on any atom is -0.357 e. The van der Waals surface area contributed by atoms with Crippen molar-refractivity contribution in [3.8, 4) is 0 Å². The topological polar surface area (TPSA) is 86.8 Å². The number of amides is 2. The third-order valence-electron chi connectivity index (χ3n) is 5.97. The van der Waals surface area contributed by atoms with Crippen LogP contribution < -0.4 is 9.62 Å². The molecule has 0 saturated heterocycles. The molecule has 0 aliphatic heterocycles. The molecule has 0 spiro atoms. The lowest BCUT2D eigenvalue weighted by Gasteiger charge is -2.32. The average molecular weight is 548 g/mol. The van der Waals surface area contributed by atoms with Gasteiger partial charge in [0.1, 0.15) is 12.6 Å². The second kappa shape index (κ2) is 12.1. The van der Waals surface area contributed by atoms with E-state index in [0.29, 0.717) is 16.8 Å². The van der Waals surface area contributed by atoms with Crippen LogP contribution in [0.25, 0.3) is 0 Å². The number of hydrogen-bond acceptors (Lipinski definition) is 4. The molecule has 0 fully saturated rings. The Morgan fingerprint density at radius 2 is 1.53 bits per heavy atom. The molecule has 0 aliphatic rings. The monoisotopic (exact) mass is 547 g/mol. The summed E-state index contributed by atoms with van der Waals surface area (Å²) in [5.74, 6) is -1.21. The molecule has 0 bridgehead atoms.